The molecule has 2 rings (SSSR count). The number of carbonyl (C=O) groups is 4. The first-order valence-corrected chi connectivity index (χ1v) is 11.2. The average molecular weight is 505 g/mol. The van der Waals surface area contributed by atoms with E-state index in [1.54, 1.807) is 24.3 Å². The molecule has 188 valence electrons. The highest BCUT2D eigenvalue weighted by atomic mass is 32.1. The van der Waals surface area contributed by atoms with Crippen LogP contribution in [0.4, 0.5) is 0 Å². The van der Waals surface area contributed by atoms with Crippen molar-refractivity contribution < 1.29 is 34.5 Å². The van der Waals surface area contributed by atoms with E-state index in [1.165, 1.54) is 24.3 Å². The van der Waals surface area contributed by atoms with E-state index < -0.39 is 48.4 Å². The quantitative estimate of drug-likeness (QED) is 0.174. The lowest BCUT2D eigenvalue weighted by molar-refractivity contribution is -0.138. The van der Waals surface area contributed by atoms with Crippen LogP contribution in [-0.4, -0.2) is 69.4 Å². The maximum atomic E-state index is 13.2. The first-order valence-electron chi connectivity index (χ1n) is 10.6. The Morgan fingerprint density at radius 3 is 1.63 bits per heavy atom. The van der Waals surface area contributed by atoms with Crippen LogP contribution in [0.25, 0.3) is 0 Å². The number of benzene rings is 2. The second kappa shape index (κ2) is 13.2. The van der Waals surface area contributed by atoms with Gasteiger partial charge in [-0.05, 0) is 35.4 Å². The molecular weight excluding hydrogens is 476 g/mol. The maximum Gasteiger partial charge on any atom is 0.322 e. The molecule has 3 amide bonds. The standard InChI is InChI=1S/C23H28N4O7S/c24-17(12-35)21(32)26-19(10-14-3-7-16(29)8-4-14)23(34)27-18(22(33)25-11-20(30)31)9-13-1-5-15(28)6-2-13/h1-8,17-19,28-29,35H,9-12,24H2,(H,25,33)(H,26,32)(H,27,34)(H,30,31). The third-order valence-electron chi connectivity index (χ3n) is 4.97. The minimum Gasteiger partial charge on any atom is -0.508 e. The summed E-state index contributed by atoms with van der Waals surface area (Å²) in [5.41, 5.74) is 6.93. The summed E-state index contributed by atoms with van der Waals surface area (Å²) in [7, 11) is 0. The molecule has 0 radical (unpaired) electrons. The van der Waals surface area contributed by atoms with E-state index in [2.05, 4.69) is 28.6 Å². The summed E-state index contributed by atoms with van der Waals surface area (Å²) in [5.74, 6) is -3.24. The Bertz CT molecular complexity index is 1030. The lowest BCUT2D eigenvalue weighted by atomic mass is 10.0. The molecule has 3 unspecified atom stereocenters. The number of carbonyl (C=O) groups excluding carboxylic acids is 3. The van der Waals surface area contributed by atoms with Crippen molar-refractivity contribution >= 4 is 36.3 Å². The fourth-order valence-corrected chi connectivity index (χ4v) is 3.24. The van der Waals surface area contributed by atoms with Crippen molar-refractivity contribution in [2.75, 3.05) is 12.3 Å². The molecule has 0 aliphatic carbocycles. The molecule has 2 aromatic rings. The van der Waals surface area contributed by atoms with Gasteiger partial charge >= 0.3 is 5.97 Å². The lowest BCUT2D eigenvalue weighted by Gasteiger charge is -2.24. The molecule has 0 fully saturated rings. The number of amides is 3. The van der Waals surface area contributed by atoms with Gasteiger partial charge in [0.1, 0.15) is 30.1 Å². The Hall–Kier alpha value is -3.77. The van der Waals surface area contributed by atoms with Gasteiger partial charge in [0.05, 0.1) is 6.04 Å². The van der Waals surface area contributed by atoms with E-state index in [0.717, 1.165) is 0 Å². The third kappa shape index (κ3) is 9.18. The number of aromatic hydroxyl groups is 2. The summed E-state index contributed by atoms with van der Waals surface area (Å²) >= 11 is 3.99. The number of carboxylic acids is 1. The Morgan fingerprint density at radius 2 is 1.20 bits per heavy atom. The normalized spacial score (nSPS) is 13.2. The van der Waals surface area contributed by atoms with Crippen molar-refractivity contribution in [1.29, 1.82) is 0 Å². The molecule has 0 bridgehead atoms. The molecule has 0 spiro atoms. The number of phenolic OH excluding ortho intramolecular Hbond substituents is 2. The highest BCUT2D eigenvalue weighted by Crippen LogP contribution is 2.13. The van der Waals surface area contributed by atoms with Crippen molar-refractivity contribution in [2.24, 2.45) is 5.73 Å². The predicted molar refractivity (Wildman–Crippen MR) is 130 cm³/mol. The number of aliphatic carboxylic acids is 1. The van der Waals surface area contributed by atoms with Gasteiger partial charge in [0, 0.05) is 18.6 Å². The highest BCUT2D eigenvalue weighted by Gasteiger charge is 2.28. The third-order valence-corrected chi connectivity index (χ3v) is 5.36. The molecule has 0 saturated heterocycles. The lowest BCUT2D eigenvalue weighted by Crippen LogP contribution is -2.57. The van der Waals surface area contributed by atoms with Crippen molar-refractivity contribution in [3.8, 4) is 11.5 Å². The Kier molecular flexibility index (Phi) is 10.4. The van der Waals surface area contributed by atoms with Gasteiger partial charge in [-0.1, -0.05) is 24.3 Å². The monoisotopic (exact) mass is 504 g/mol. The molecule has 0 aliphatic rings. The molecule has 11 nitrogen and oxygen atoms in total. The van der Waals surface area contributed by atoms with Crippen LogP contribution in [-0.2, 0) is 32.0 Å². The summed E-state index contributed by atoms with van der Waals surface area (Å²) < 4.78 is 0. The Morgan fingerprint density at radius 1 is 0.771 bits per heavy atom. The minimum absolute atomic E-state index is 0.00645. The van der Waals surface area contributed by atoms with Gasteiger partial charge in [-0.3, -0.25) is 19.2 Å². The minimum atomic E-state index is -1.26. The van der Waals surface area contributed by atoms with Crippen LogP contribution in [0.3, 0.4) is 0 Å². The number of thiol groups is 1. The Balaban J connectivity index is 2.25. The molecule has 0 heterocycles. The predicted octanol–water partition coefficient (Wildman–Crippen LogP) is -0.689. The molecule has 12 heteroatoms. The van der Waals surface area contributed by atoms with Crippen LogP contribution in [0.2, 0.25) is 0 Å². The van der Waals surface area contributed by atoms with Crippen LogP contribution in [0, 0.1) is 0 Å². The van der Waals surface area contributed by atoms with Crippen LogP contribution >= 0.6 is 12.6 Å². The van der Waals surface area contributed by atoms with Gasteiger partial charge in [-0.2, -0.15) is 12.6 Å². The van der Waals surface area contributed by atoms with Gasteiger partial charge in [-0.15, -0.1) is 0 Å². The van der Waals surface area contributed by atoms with Crippen LogP contribution < -0.4 is 21.7 Å². The number of hydrogen-bond donors (Lipinski definition) is 8. The number of nitrogens with two attached hydrogens (primary N) is 1. The van der Waals surface area contributed by atoms with Crippen molar-refractivity contribution in [3.63, 3.8) is 0 Å². The van der Waals surface area contributed by atoms with Gasteiger partial charge in [-0.25, -0.2) is 0 Å². The zero-order valence-electron chi connectivity index (χ0n) is 18.7. The Labute approximate surface area is 207 Å². The van der Waals surface area contributed by atoms with Gasteiger partial charge in [0.15, 0.2) is 0 Å². The smallest absolute Gasteiger partial charge is 0.322 e. The van der Waals surface area contributed by atoms with Crippen molar-refractivity contribution in [3.05, 3.63) is 59.7 Å². The summed E-state index contributed by atoms with van der Waals surface area (Å²) in [6.45, 7) is -0.648. The molecule has 35 heavy (non-hydrogen) atoms. The van der Waals surface area contributed by atoms with Crippen LogP contribution in [0.15, 0.2) is 48.5 Å². The van der Waals surface area contributed by atoms with E-state index in [4.69, 9.17) is 10.8 Å². The number of carboxylic acid groups (broad SMARTS) is 1. The average Bonchev–Trinajstić information content (AvgIpc) is 2.83. The molecule has 8 N–H and O–H groups in total. The summed E-state index contributed by atoms with van der Waals surface area (Å²) in [6, 6.07) is 8.67. The largest absolute Gasteiger partial charge is 0.508 e. The zero-order chi connectivity index (χ0) is 26.0. The van der Waals surface area contributed by atoms with Gasteiger partial charge < -0.3 is 37.0 Å². The van der Waals surface area contributed by atoms with Gasteiger partial charge in [0.2, 0.25) is 17.7 Å². The topological polar surface area (TPSA) is 191 Å². The first-order chi connectivity index (χ1) is 16.6. The van der Waals surface area contributed by atoms with Crippen LogP contribution in [0.1, 0.15) is 11.1 Å². The molecule has 0 aromatic heterocycles. The van der Waals surface area contributed by atoms with Gasteiger partial charge in [0.25, 0.3) is 0 Å². The highest BCUT2D eigenvalue weighted by molar-refractivity contribution is 7.80. The number of rotatable bonds is 12. The number of phenols is 2. The first kappa shape index (κ1) is 27.5. The van der Waals surface area contributed by atoms with Crippen molar-refractivity contribution in [1.82, 2.24) is 16.0 Å². The molecule has 0 aliphatic heterocycles. The van der Waals surface area contributed by atoms with Crippen LogP contribution in [0.5, 0.6) is 11.5 Å². The molecular formula is C23H28N4O7S. The van der Waals surface area contributed by atoms with E-state index in [1.807, 2.05) is 0 Å². The molecule has 2 aromatic carbocycles. The SMILES string of the molecule is NC(CS)C(=O)NC(Cc1ccc(O)cc1)C(=O)NC(Cc1ccc(O)cc1)C(=O)NCC(=O)O. The van der Waals surface area contributed by atoms with Crippen molar-refractivity contribution in [2.45, 2.75) is 31.0 Å². The molecule has 3 atom stereocenters. The van der Waals surface area contributed by atoms with E-state index in [-0.39, 0.29) is 30.1 Å². The summed E-state index contributed by atoms with van der Waals surface area (Å²) in [4.78, 5) is 49.1. The van der Waals surface area contributed by atoms with E-state index in [0.29, 0.717) is 11.1 Å². The van der Waals surface area contributed by atoms with E-state index in [9.17, 15) is 29.4 Å². The number of nitrogens with one attached hydrogen (secondary N) is 3. The fraction of sp³-hybridized carbons (Fsp3) is 0.304. The molecule has 0 saturated carbocycles. The maximum absolute atomic E-state index is 13.2. The van der Waals surface area contributed by atoms with E-state index >= 15 is 0 Å². The summed E-state index contributed by atoms with van der Waals surface area (Å²) in [5, 5.41) is 35.2. The second-order valence-electron chi connectivity index (χ2n) is 7.76. The second-order valence-corrected chi connectivity index (χ2v) is 8.13. The fourth-order valence-electron chi connectivity index (χ4n) is 3.07. The number of hydrogen-bond acceptors (Lipinski definition) is 8. The zero-order valence-corrected chi connectivity index (χ0v) is 19.6. The summed E-state index contributed by atoms with van der Waals surface area (Å²) in [6.07, 6.45) is 0.0212.